The van der Waals surface area contributed by atoms with Crippen LogP contribution in [0.2, 0.25) is 0 Å². The second kappa shape index (κ2) is 16.1. The minimum absolute atomic E-state index is 0.00499. The third-order valence-electron chi connectivity index (χ3n) is 8.92. The number of rotatable bonds is 13. The van der Waals surface area contributed by atoms with Crippen molar-refractivity contribution < 1.29 is 54.7 Å². The standard InChI is InChI=1S/C36H32F6N10O6/c1-19-47-30(58-50-19)26-25(56-32(53)35(37,38)39)27(57-33(54)36(40,41)42)31(55-26)52-18-46-24-28(48-34(49-29(24)52)43-14-13-22-16-51(2)17-45-22)44-15-23(20-9-5-3-6-10-20)21-11-7-4-8-12-21/h3-12,16-18,23,25-27,31H,13-15H2,1-2H3,(H2,43,44,48,49)/t25-,26+,27-,31-/m1/s1. The Hall–Kier alpha value is -6.58. The summed E-state index contributed by atoms with van der Waals surface area (Å²) >= 11 is 0. The molecule has 0 bridgehead atoms. The number of halogens is 6. The Morgan fingerprint density at radius 1 is 0.845 bits per heavy atom. The molecule has 1 aliphatic rings. The summed E-state index contributed by atoms with van der Waals surface area (Å²) in [5.41, 5.74) is 2.57. The molecule has 5 heterocycles. The van der Waals surface area contributed by atoms with Crippen molar-refractivity contribution in [3.63, 3.8) is 0 Å². The first kappa shape index (κ1) is 39.6. The van der Waals surface area contributed by atoms with Gasteiger partial charge in [0.2, 0.25) is 5.95 Å². The topological polar surface area (TPSA) is 186 Å². The molecule has 0 amide bonds. The summed E-state index contributed by atoms with van der Waals surface area (Å²) < 4.78 is 105. The Morgan fingerprint density at radius 3 is 2.05 bits per heavy atom. The predicted molar refractivity (Wildman–Crippen MR) is 188 cm³/mol. The minimum atomic E-state index is -5.63. The van der Waals surface area contributed by atoms with Crippen LogP contribution in [-0.4, -0.2) is 88.8 Å². The second-order valence-corrected chi connectivity index (χ2v) is 13.0. The fourth-order valence-electron chi connectivity index (χ4n) is 6.33. The third-order valence-corrected chi connectivity index (χ3v) is 8.92. The van der Waals surface area contributed by atoms with E-state index in [1.165, 1.54) is 6.92 Å². The molecule has 22 heteroatoms. The van der Waals surface area contributed by atoms with E-state index in [-0.39, 0.29) is 47.8 Å². The number of benzene rings is 2. The largest absolute Gasteiger partial charge is 0.490 e. The SMILES string of the molecule is Cc1noc([C@H]2O[C@@H](n3cnc4c(NCC(c5ccccc5)c5ccccc5)nc(NCCc5cn(C)cn5)nc43)[C@H](OC(=O)C(F)(F)F)[C@@H]2OC(=O)C(F)(F)F)n1. The number of esters is 2. The Labute approximate surface area is 323 Å². The first-order chi connectivity index (χ1) is 27.7. The number of aromatic nitrogens is 8. The molecule has 1 fully saturated rings. The van der Waals surface area contributed by atoms with Gasteiger partial charge in [0.15, 0.2) is 47.3 Å². The van der Waals surface area contributed by atoms with Crippen molar-refractivity contribution in [2.45, 2.75) is 56.2 Å². The summed E-state index contributed by atoms with van der Waals surface area (Å²) in [5.74, 6) is -6.34. The van der Waals surface area contributed by atoms with Gasteiger partial charge in [0.1, 0.15) is 0 Å². The molecular weight excluding hydrogens is 782 g/mol. The number of imidazole rings is 2. The molecule has 2 N–H and O–H groups in total. The highest BCUT2D eigenvalue weighted by Crippen LogP contribution is 2.44. The maximum absolute atomic E-state index is 13.7. The first-order valence-corrected chi connectivity index (χ1v) is 17.5. The van der Waals surface area contributed by atoms with Crippen LogP contribution in [0.1, 0.15) is 46.8 Å². The molecule has 1 saturated heterocycles. The van der Waals surface area contributed by atoms with Gasteiger partial charge in [0.25, 0.3) is 5.89 Å². The third kappa shape index (κ3) is 8.70. The average Bonchev–Trinajstić information content (AvgIpc) is 3.99. The smallest absolute Gasteiger partial charge is 0.448 e. The van der Waals surface area contributed by atoms with E-state index in [0.29, 0.717) is 6.42 Å². The lowest BCUT2D eigenvalue weighted by Gasteiger charge is -2.25. The molecule has 0 spiro atoms. The van der Waals surface area contributed by atoms with Crippen molar-refractivity contribution in [1.82, 2.24) is 39.2 Å². The van der Waals surface area contributed by atoms with Crippen LogP contribution in [0, 0.1) is 6.92 Å². The molecule has 0 saturated carbocycles. The lowest BCUT2D eigenvalue weighted by molar-refractivity contribution is -0.221. The number of carbonyl (C=O) groups is 2. The number of hydrogen-bond donors (Lipinski definition) is 2. The molecule has 0 unspecified atom stereocenters. The Balaban J connectivity index is 1.31. The van der Waals surface area contributed by atoms with Crippen LogP contribution in [0.5, 0.6) is 0 Å². The molecule has 0 aliphatic carbocycles. The number of hydrogen-bond acceptors (Lipinski definition) is 14. The van der Waals surface area contributed by atoms with Gasteiger partial charge in [-0.05, 0) is 18.1 Å². The molecule has 58 heavy (non-hydrogen) atoms. The Morgan fingerprint density at radius 2 is 1.48 bits per heavy atom. The zero-order valence-corrected chi connectivity index (χ0v) is 30.3. The van der Waals surface area contributed by atoms with E-state index in [1.54, 1.807) is 17.9 Å². The molecule has 1 aliphatic heterocycles. The molecule has 16 nitrogen and oxygen atoms in total. The lowest BCUT2D eigenvalue weighted by Crippen LogP contribution is -2.42. The summed E-state index contributed by atoms with van der Waals surface area (Å²) in [6.45, 7) is 1.85. The van der Waals surface area contributed by atoms with E-state index < -0.39 is 54.7 Å². The summed E-state index contributed by atoms with van der Waals surface area (Å²) in [5, 5.41) is 9.96. The molecular formula is C36H32F6N10O6. The summed E-state index contributed by atoms with van der Waals surface area (Å²) in [4.78, 5) is 46.3. The maximum Gasteiger partial charge on any atom is 0.490 e. The van der Waals surface area contributed by atoms with E-state index in [2.05, 4.69) is 45.4 Å². The maximum atomic E-state index is 13.7. The highest BCUT2D eigenvalue weighted by Gasteiger charge is 2.58. The van der Waals surface area contributed by atoms with E-state index >= 15 is 0 Å². The molecule has 304 valence electrons. The molecule has 7 rings (SSSR count). The van der Waals surface area contributed by atoms with Crippen LogP contribution in [0.3, 0.4) is 0 Å². The number of carbonyl (C=O) groups excluding carboxylic acids is 2. The molecule has 4 aromatic heterocycles. The van der Waals surface area contributed by atoms with Gasteiger partial charge < -0.3 is 33.9 Å². The second-order valence-electron chi connectivity index (χ2n) is 13.0. The minimum Gasteiger partial charge on any atom is -0.448 e. The number of anilines is 2. The number of nitrogens with one attached hydrogen (secondary N) is 2. The molecule has 4 atom stereocenters. The van der Waals surface area contributed by atoms with E-state index in [4.69, 9.17) is 14.0 Å². The van der Waals surface area contributed by atoms with E-state index in [9.17, 15) is 35.9 Å². The van der Waals surface area contributed by atoms with E-state index in [1.807, 2.05) is 66.9 Å². The summed E-state index contributed by atoms with van der Waals surface area (Å²) in [7, 11) is 1.81. The van der Waals surface area contributed by atoms with Crippen molar-refractivity contribution in [2.24, 2.45) is 7.05 Å². The van der Waals surface area contributed by atoms with Crippen LogP contribution in [-0.2, 0) is 37.3 Å². The van der Waals surface area contributed by atoms with Crippen molar-refractivity contribution >= 4 is 34.9 Å². The molecule has 2 aromatic carbocycles. The van der Waals surface area contributed by atoms with Gasteiger partial charge in [-0.15, -0.1) is 0 Å². The van der Waals surface area contributed by atoms with Crippen molar-refractivity contribution in [2.75, 3.05) is 23.7 Å². The molecule has 6 aromatic rings. The van der Waals surface area contributed by atoms with Crippen LogP contribution in [0.15, 0.2) is 84.0 Å². The van der Waals surface area contributed by atoms with Crippen molar-refractivity contribution in [3.8, 4) is 0 Å². The fraction of sp³-hybridized carbons (Fsp3) is 0.333. The number of fused-ring (bicyclic) bond motifs is 1. The lowest BCUT2D eigenvalue weighted by atomic mass is 9.91. The van der Waals surface area contributed by atoms with Crippen LogP contribution >= 0.6 is 0 Å². The monoisotopic (exact) mass is 814 g/mol. The average molecular weight is 815 g/mol. The zero-order valence-electron chi connectivity index (χ0n) is 30.3. The summed E-state index contributed by atoms with van der Waals surface area (Å²) in [6, 6.07) is 19.2. The highest BCUT2D eigenvalue weighted by atomic mass is 19.4. The number of alkyl halides is 6. The van der Waals surface area contributed by atoms with Gasteiger partial charge in [-0.25, -0.2) is 19.6 Å². The highest BCUT2D eigenvalue weighted by molar-refractivity contribution is 5.84. The number of nitrogens with zero attached hydrogens (tertiary/aromatic N) is 8. The van der Waals surface area contributed by atoms with Gasteiger partial charge in [0, 0.05) is 38.7 Å². The zero-order chi connectivity index (χ0) is 41.2. The van der Waals surface area contributed by atoms with Gasteiger partial charge in [0.05, 0.1) is 18.3 Å². The number of aryl methyl sites for hydroxylation is 2. The van der Waals surface area contributed by atoms with Gasteiger partial charge in [-0.3, -0.25) is 4.57 Å². The number of ether oxygens (including phenoxy) is 3. The van der Waals surface area contributed by atoms with Crippen molar-refractivity contribution in [1.29, 1.82) is 0 Å². The van der Waals surface area contributed by atoms with Gasteiger partial charge >= 0.3 is 24.3 Å². The van der Waals surface area contributed by atoms with E-state index in [0.717, 1.165) is 27.7 Å². The fourth-order valence-corrected chi connectivity index (χ4v) is 6.33. The van der Waals surface area contributed by atoms with Crippen LogP contribution in [0.25, 0.3) is 11.2 Å². The predicted octanol–water partition coefficient (Wildman–Crippen LogP) is 5.37. The first-order valence-electron chi connectivity index (χ1n) is 17.5. The Bertz CT molecular complexity index is 2330. The Kier molecular flexibility index (Phi) is 11.0. The van der Waals surface area contributed by atoms with Gasteiger partial charge in [-0.2, -0.15) is 41.3 Å². The van der Waals surface area contributed by atoms with Gasteiger partial charge in [-0.1, -0.05) is 65.8 Å². The van der Waals surface area contributed by atoms with Crippen LogP contribution in [0.4, 0.5) is 38.1 Å². The van der Waals surface area contributed by atoms with Crippen LogP contribution < -0.4 is 10.6 Å². The normalized spacial score (nSPS) is 18.4. The quantitative estimate of drug-likeness (QED) is 0.112. The van der Waals surface area contributed by atoms with Crippen molar-refractivity contribution in [3.05, 3.63) is 108 Å². The summed E-state index contributed by atoms with van der Waals surface area (Å²) in [6.07, 6.45) is -15.1. The molecule has 0 radical (unpaired) electrons.